The van der Waals surface area contributed by atoms with Crippen molar-refractivity contribution in [2.45, 2.75) is 32.2 Å². The van der Waals surface area contributed by atoms with Crippen molar-refractivity contribution in [3.63, 3.8) is 0 Å². The number of methoxy groups -OCH3 is 2. The third-order valence-electron chi connectivity index (χ3n) is 4.66. The highest BCUT2D eigenvalue weighted by atomic mass is 16.5. The first-order valence-corrected chi connectivity index (χ1v) is 8.50. The summed E-state index contributed by atoms with van der Waals surface area (Å²) >= 11 is 0. The van der Waals surface area contributed by atoms with Gasteiger partial charge in [0, 0.05) is 18.5 Å². The van der Waals surface area contributed by atoms with Crippen molar-refractivity contribution in [1.82, 2.24) is 9.97 Å². The molecule has 4 rings (SSSR count). The standard InChI is InChI=1S/C19H21N3O3/c1-23-15-8-7-12(9-16(15)24-2)10-20-18-17-13-5-3-4-6-14(13)25-19(17)22-11-21-18/h7-9,11H,3-6,10H2,1-2H3,(H,20,21,22). The summed E-state index contributed by atoms with van der Waals surface area (Å²) in [6, 6.07) is 5.89. The second kappa shape index (κ2) is 6.63. The normalized spacial score (nSPS) is 13.5. The van der Waals surface area contributed by atoms with Crippen LogP contribution in [0.15, 0.2) is 28.9 Å². The lowest BCUT2D eigenvalue weighted by atomic mass is 9.96. The molecule has 0 unspecified atom stereocenters. The summed E-state index contributed by atoms with van der Waals surface area (Å²) in [5.41, 5.74) is 3.02. The van der Waals surface area contributed by atoms with Crippen LogP contribution in [0.25, 0.3) is 11.1 Å². The molecule has 2 heterocycles. The molecular weight excluding hydrogens is 318 g/mol. The van der Waals surface area contributed by atoms with Gasteiger partial charge in [-0.25, -0.2) is 9.97 Å². The monoisotopic (exact) mass is 339 g/mol. The van der Waals surface area contributed by atoms with E-state index < -0.39 is 0 Å². The maximum atomic E-state index is 5.92. The number of aromatic nitrogens is 2. The summed E-state index contributed by atoms with van der Waals surface area (Å²) in [5.74, 6) is 3.33. The van der Waals surface area contributed by atoms with Crippen LogP contribution in [0, 0.1) is 0 Å². The molecular formula is C19H21N3O3. The van der Waals surface area contributed by atoms with Crippen molar-refractivity contribution < 1.29 is 13.9 Å². The van der Waals surface area contributed by atoms with Gasteiger partial charge in [-0.3, -0.25) is 0 Å². The molecule has 0 saturated carbocycles. The van der Waals surface area contributed by atoms with Gasteiger partial charge in [-0.2, -0.15) is 0 Å². The number of nitrogens with zero attached hydrogens (tertiary/aromatic N) is 2. The fourth-order valence-corrected chi connectivity index (χ4v) is 3.40. The molecule has 25 heavy (non-hydrogen) atoms. The lowest BCUT2D eigenvalue weighted by molar-refractivity contribution is 0.354. The van der Waals surface area contributed by atoms with Crippen LogP contribution in [0.2, 0.25) is 0 Å². The van der Waals surface area contributed by atoms with Crippen LogP contribution in [-0.2, 0) is 19.4 Å². The predicted molar refractivity (Wildman–Crippen MR) is 95.3 cm³/mol. The molecule has 0 radical (unpaired) electrons. The SMILES string of the molecule is COc1ccc(CNc2ncnc3oc4c(c23)CCCC4)cc1OC. The van der Waals surface area contributed by atoms with Gasteiger partial charge in [0.2, 0.25) is 5.71 Å². The summed E-state index contributed by atoms with van der Waals surface area (Å²) in [6.45, 7) is 0.631. The Morgan fingerprint density at radius 2 is 1.92 bits per heavy atom. The molecule has 3 aromatic rings. The Balaban J connectivity index is 1.62. The van der Waals surface area contributed by atoms with Gasteiger partial charge in [0.15, 0.2) is 11.5 Å². The first-order valence-electron chi connectivity index (χ1n) is 8.50. The van der Waals surface area contributed by atoms with E-state index in [1.54, 1.807) is 20.5 Å². The molecule has 6 nitrogen and oxygen atoms in total. The zero-order valence-electron chi connectivity index (χ0n) is 14.5. The number of aryl methyl sites for hydroxylation is 2. The number of ether oxygens (including phenoxy) is 2. The fraction of sp³-hybridized carbons (Fsp3) is 0.368. The molecule has 0 spiro atoms. The molecule has 0 saturated heterocycles. The summed E-state index contributed by atoms with van der Waals surface area (Å²) in [4.78, 5) is 8.74. The molecule has 0 amide bonds. The zero-order chi connectivity index (χ0) is 17.2. The fourth-order valence-electron chi connectivity index (χ4n) is 3.40. The highest BCUT2D eigenvalue weighted by Gasteiger charge is 2.21. The molecule has 1 aromatic carbocycles. The van der Waals surface area contributed by atoms with Gasteiger partial charge in [0.05, 0.1) is 19.6 Å². The molecule has 0 fully saturated rings. The van der Waals surface area contributed by atoms with Crippen molar-refractivity contribution in [2.75, 3.05) is 19.5 Å². The Morgan fingerprint density at radius 3 is 2.76 bits per heavy atom. The van der Waals surface area contributed by atoms with Crippen molar-refractivity contribution in [3.8, 4) is 11.5 Å². The van der Waals surface area contributed by atoms with E-state index in [1.165, 1.54) is 18.4 Å². The zero-order valence-corrected chi connectivity index (χ0v) is 14.5. The van der Waals surface area contributed by atoms with Gasteiger partial charge >= 0.3 is 0 Å². The predicted octanol–water partition coefficient (Wildman–Crippen LogP) is 3.73. The van der Waals surface area contributed by atoms with Gasteiger partial charge < -0.3 is 19.2 Å². The highest BCUT2D eigenvalue weighted by Crippen LogP contribution is 2.34. The van der Waals surface area contributed by atoms with E-state index in [4.69, 9.17) is 13.9 Å². The van der Waals surface area contributed by atoms with E-state index in [0.29, 0.717) is 12.3 Å². The van der Waals surface area contributed by atoms with E-state index in [2.05, 4.69) is 15.3 Å². The van der Waals surface area contributed by atoms with Gasteiger partial charge in [0.1, 0.15) is 17.9 Å². The maximum Gasteiger partial charge on any atom is 0.231 e. The number of hydrogen-bond donors (Lipinski definition) is 1. The van der Waals surface area contributed by atoms with Gasteiger partial charge in [0.25, 0.3) is 0 Å². The van der Waals surface area contributed by atoms with E-state index in [1.807, 2.05) is 18.2 Å². The Morgan fingerprint density at radius 1 is 1.08 bits per heavy atom. The number of benzene rings is 1. The van der Waals surface area contributed by atoms with Crippen LogP contribution in [0.1, 0.15) is 29.7 Å². The molecule has 0 bridgehead atoms. The van der Waals surface area contributed by atoms with Gasteiger partial charge in [-0.05, 0) is 37.0 Å². The molecule has 0 aliphatic heterocycles. The maximum absolute atomic E-state index is 5.92. The lowest BCUT2D eigenvalue weighted by Gasteiger charge is -2.12. The van der Waals surface area contributed by atoms with Crippen LogP contribution in [0.4, 0.5) is 5.82 Å². The third kappa shape index (κ3) is 2.88. The smallest absolute Gasteiger partial charge is 0.231 e. The summed E-state index contributed by atoms with van der Waals surface area (Å²) < 4.78 is 16.6. The van der Waals surface area contributed by atoms with Gasteiger partial charge in [-0.15, -0.1) is 0 Å². The van der Waals surface area contributed by atoms with Crippen molar-refractivity contribution >= 4 is 16.9 Å². The number of anilines is 1. The molecule has 2 aromatic heterocycles. The Bertz CT molecular complexity index is 904. The Kier molecular flexibility index (Phi) is 4.17. The second-order valence-corrected chi connectivity index (χ2v) is 6.16. The highest BCUT2D eigenvalue weighted by molar-refractivity contribution is 5.90. The van der Waals surface area contributed by atoms with Gasteiger partial charge in [-0.1, -0.05) is 6.07 Å². The molecule has 1 aliphatic carbocycles. The summed E-state index contributed by atoms with van der Waals surface area (Å²) in [6.07, 6.45) is 5.93. The van der Waals surface area contributed by atoms with Crippen LogP contribution in [0.3, 0.4) is 0 Å². The average molecular weight is 339 g/mol. The molecule has 1 N–H and O–H groups in total. The molecule has 1 aliphatic rings. The number of fused-ring (bicyclic) bond motifs is 3. The van der Waals surface area contributed by atoms with Crippen LogP contribution in [0.5, 0.6) is 11.5 Å². The number of nitrogens with one attached hydrogen (secondary N) is 1. The minimum atomic E-state index is 0.631. The van der Waals surface area contributed by atoms with Crippen LogP contribution < -0.4 is 14.8 Å². The van der Waals surface area contributed by atoms with Crippen molar-refractivity contribution in [3.05, 3.63) is 41.4 Å². The summed E-state index contributed by atoms with van der Waals surface area (Å²) in [5, 5.41) is 4.45. The Labute approximate surface area is 146 Å². The molecule has 6 heteroatoms. The topological polar surface area (TPSA) is 69.4 Å². The van der Waals surface area contributed by atoms with Crippen LogP contribution >= 0.6 is 0 Å². The van der Waals surface area contributed by atoms with Crippen molar-refractivity contribution in [2.24, 2.45) is 0 Å². The number of furan rings is 1. The van der Waals surface area contributed by atoms with Crippen molar-refractivity contribution in [1.29, 1.82) is 0 Å². The Hall–Kier alpha value is -2.76. The minimum Gasteiger partial charge on any atom is -0.493 e. The van der Waals surface area contributed by atoms with E-state index in [-0.39, 0.29) is 0 Å². The summed E-state index contributed by atoms with van der Waals surface area (Å²) in [7, 11) is 3.27. The minimum absolute atomic E-state index is 0.631. The molecule has 130 valence electrons. The van der Waals surface area contributed by atoms with E-state index >= 15 is 0 Å². The molecule has 0 atom stereocenters. The first kappa shape index (κ1) is 15.7. The quantitative estimate of drug-likeness (QED) is 0.764. The average Bonchev–Trinajstić information content (AvgIpc) is 3.05. The largest absolute Gasteiger partial charge is 0.493 e. The lowest BCUT2D eigenvalue weighted by Crippen LogP contribution is -2.05. The number of hydrogen-bond acceptors (Lipinski definition) is 6. The first-order chi connectivity index (χ1) is 12.3. The van der Waals surface area contributed by atoms with Crippen LogP contribution in [-0.4, -0.2) is 24.2 Å². The van der Waals surface area contributed by atoms with E-state index in [9.17, 15) is 0 Å². The van der Waals surface area contributed by atoms with E-state index in [0.717, 1.165) is 46.9 Å². The number of rotatable bonds is 5. The third-order valence-corrected chi connectivity index (χ3v) is 4.66. The second-order valence-electron chi connectivity index (χ2n) is 6.16.